The number of H-pyrrole nitrogens is 1. The smallest absolute Gasteiger partial charge is 0.261 e. The molecule has 1 aliphatic carbocycles. The van der Waals surface area contributed by atoms with Crippen LogP contribution in [0.1, 0.15) is 23.1 Å². The van der Waals surface area contributed by atoms with Crippen LogP contribution in [-0.4, -0.2) is 29.6 Å². The number of rotatable bonds is 3. The monoisotopic (exact) mass is 430 g/mol. The Bertz CT molecular complexity index is 1160. The standard InChI is InChI=1S/C17H14ClF3N4O2S/c18-14-4-1-10(17(19,20)21)6-15(14)28(26,27)25-11-2-3-12-9(5-11)7-22-16-13(12)8-23-24-16/h1,4,6-8,11,25H,2-3,5H2,(H,22,23,24). The van der Waals surface area contributed by atoms with Crippen molar-refractivity contribution in [3.8, 4) is 0 Å². The number of hydrogen-bond acceptors (Lipinski definition) is 4. The van der Waals surface area contributed by atoms with Crippen LogP contribution in [0.5, 0.6) is 0 Å². The summed E-state index contributed by atoms with van der Waals surface area (Å²) in [6.45, 7) is 0. The Kier molecular flexibility index (Phi) is 4.59. The Balaban J connectivity index is 1.61. The van der Waals surface area contributed by atoms with Gasteiger partial charge >= 0.3 is 6.18 Å². The summed E-state index contributed by atoms with van der Waals surface area (Å²) in [6, 6.07) is 1.77. The average molecular weight is 431 g/mol. The van der Waals surface area contributed by atoms with Crippen LogP contribution in [0.4, 0.5) is 13.2 Å². The molecule has 0 bridgehead atoms. The van der Waals surface area contributed by atoms with E-state index in [4.69, 9.17) is 11.6 Å². The number of aryl methyl sites for hydroxylation is 1. The van der Waals surface area contributed by atoms with Crippen LogP contribution in [0, 0.1) is 0 Å². The lowest BCUT2D eigenvalue weighted by Gasteiger charge is -2.25. The molecule has 0 aliphatic heterocycles. The van der Waals surface area contributed by atoms with Gasteiger partial charge in [0.05, 0.1) is 16.8 Å². The fourth-order valence-electron chi connectivity index (χ4n) is 3.42. The lowest BCUT2D eigenvalue weighted by atomic mass is 9.88. The lowest BCUT2D eigenvalue weighted by Crippen LogP contribution is -2.39. The second-order valence-electron chi connectivity index (χ2n) is 6.60. The van der Waals surface area contributed by atoms with Crippen molar-refractivity contribution in [1.29, 1.82) is 0 Å². The van der Waals surface area contributed by atoms with E-state index >= 15 is 0 Å². The highest BCUT2D eigenvalue weighted by molar-refractivity contribution is 7.89. The zero-order valence-electron chi connectivity index (χ0n) is 14.2. The molecule has 6 nitrogen and oxygen atoms in total. The van der Waals surface area contributed by atoms with Gasteiger partial charge in [-0.3, -0.25) is 5.10 Å². The van der Waals surface area contributed by atoms with Gasteiger partial charge in [0, 0.05) is 17.6 Å². The summed E-state index contributed by atoms with van der Waals surface area (Å²) in [7, 11) is -4.23. The number of aromatic nitrogens is 3. The summed E-state index contributed by atoms with van der Waals surface area (Å²) in [6.07, 6.45) is 0.131. The van der Waals surface area contributed by atoms with Crippen LogP contribution in [-0.2, 0) is 29.0 Å². The molecule has 2 heterocycles. The van der Waals surface area contributed by atoms with Crippen LogP contribution in [0.15, 0.2) is 35.5 Å². The molecule has 1 atom stereocenters. The van der Waals surface area contributed by atoms with Gasteiger partial charge in [-0.1, -0.05) is 11.6 Å². The van der Waals surface area contributed by atoms with Crippen molar-refractivity contribution in [3.63, 3.8) is 0 Å². The summed E-state index contributed by atoms with van der Waals surface area (Å²) in [5, 5.41) is 7.37. The maximum absolute atomic E-state index is 12.9. The van der Waals surface area contributed by atoms with Crippen LogP contribution in [0.25, 0.3) is 11.0 Å². The molecule has 0 fully saturated rings. The second kappa shape index (κ2) is 6.71. The first kappa shape index (κ1) is 19.2. The highest BCUT2D eigenvalue weighted by Crippen LogP contribution is 2.34. The summed E-state index contributed by atoms with van der Waals surface area (Å²) in [4.78, 5) is 3.67. The van der Waals surface area contributed by atoms with Crippen molar-refractivity contribution in [3.05, 3.63) is 52.3 Å². The largest absolute Gasteiger partial charge is 0.416 e. The van der Waals surface area contributed by atoms with E-state index in [2.05, 4.69) is 19.9 Å². The molecule has 28 heavy (non-hydrogen) atoms. The number of hydrogen-bond donors (Lipinski definition) is 2. The van der Waals surface area contributed by atoms with Gasteiger partial charge in [0.2, 0.25) is 10.0 Å². The van der Waals surface area contributed by atoms with Gasteiger partial charge in [-0.05, 0) is 48.6 Å². The molecule has 0 amide bonds. The highest BCUT2D eigenvalue weighted by Gasteiger charge is 2.33. The maximum Gasteiger partial charge on any atom is 0.416 e. The first-order valence-corrected chi connectivity index (χ1v) is 10.2. The fraction of sp³-hybridized carbons (Fsp3) is 0.294. The fourth-order valence-corrected chi connectivity index (χ4v) is 5.21. The molecular formula is C17H14ClF3N4O2S. The molecule has 1 aromatic carbocycles. The quantitative estimate of drug-likeness (QED) is 0.666. The minimum Gasteiger partial charge on any atom is -0.261 e. The molecule has 11 heteroatoms. The molecule has 0 radical (unpaired) electrons. The first-order chi connectivity index (χ1) is 13.1. The Morgan fingerprint density at radius 1 is 1.25 bits per heavy atom. The number of pyridine rings is 1. The van der Waals surface area contributed by atoms with Crippen LogP contribution in [0.2, 0.25) is 5.02 Å². The normalized spacial score (nSPS) is 17.6. The zero-order chi connectivity index (χ0) is 20.1. The van der Waals surface area contributed by atoms with E-state index in [9.17, 15) is 21.6 Å². The average Bonchev–Trinajstić information content (AvgIpc) is 3.09. The van der Waals surface area contributed by atoms with Gasteiger partial charge in [-0.15, -0.1) is 0 Å². The van der Waals surface area contributed by atoms with E-state index in [0.29, 0.717) is 31.0 Å². The third-order valence-electron chi connectivity index (χ3n) is 4.76. The number of aromatic amines is 1. The second-order valence-corrected chi connectivity index (χ2v) is 8.69. The van der Waals surface area contributed by atoms with Crippen molar-refractivity contribution in [2.24, 2.45) is 0 Å². The third kappa shape index (κ3) is 3.47. The lowest BCUT2D eigenvalue weighted by molar-refractivity contribution is -0.137. The molecule has 4 rings (SSSR count). The van der Waals surface area contributed by atoms with E-state index in [1.165, 1.54) is 0 Å². The number of fused-ring (bicyclic) bond motifs is 3. The highest BCUT2D eigenvalue weighted by atomic mass is 35.5. The molecule has 2 aromatic heterocycles. The van der Waals surface area contributed by atoms with Crippen LogP contribution >= 0.6 is 11.6 Å². The molecule has 1 unspecified atom stereocenters. The Morgan fingerprint density at radius 3 is 2.79 bits per heavy atom. The number of nitrogens with zero attached hydrogens (tertiary/aromatic N) is 2. The number of sulfonamides is 1. The van der Waals surface area contributed by atoms with E-state index < -0.39 is 32.7 Å². The summed E-state index contributed by atoms with van der Waals surface area (Å²) in [5.74, 6) is 0. The van der Waals surface area contributed by atoms with E-state index in [-0.39, 0.29) is 5.02 Å². The van der Waals surface area contributed by atoms with Gasteiger partial charge < -0.3 is 0 Å². The van der Waals surface area contributed by atoms with Crippen molar-refractivity contribution >= 4 is 32.7 Å². The summed E-state index contributed by atoms with van der Waals surface area (Å²) >= 11 is 5.88. The molecule has 148 valence electrons. The molecule has 3 aromatic rings. The van der Waals surface area contributed by atoms with Gasteiger partial charge in [0.1, 0.15) is 4.90 Å². The van der Waals surface area contributed by atoms with Crippen LogP contribution in [0.3, 0.4) is 0 Å². The van der Waals surface area contributed by atoms with E-state index in [1.807, 2.05) is 0 Å². The Hall–Kier alpha value is -2.17. The third-order valence-corrected chi connectivity index (χ3v) is 6.76. The number of benzene rings is 1. The van der Waals surface area contributed by atoms with E-state index in [1.54, 1.807) is 12.4 Å². The van der Waals surface area contributed by atoms with Crippen LogP contribution < -0.4 is 4.72 Å². The topological polar surface area (TPSA) is 87.7 Å². The summed E-state index contributed by atoms with van der Waals surface area (Å²) < 4.78 is 66.7. The van der Waals surface area contributed by atoms with Gasteiger partial charge in [0.25, 0.3) is 0 Å². The summed E-state index contributed by atoms with van der Waals surface area (Å²) in [5.41, 5.74) is 1.51. The number of alkyl halides is 3. The van der Waals surface area contributed by atoms with Gasteiger partial charge in [0.15, 0.2) is 5.65 Å². The van der Waals surface area contributed by atoms with Gasteiger partial charge in [-0.25, -0.2) is 18.1 Å². The maximum atomic E-state index is 12.9. The molecule has 0 saturated carbocycles. The predicted octanol–water partition coefficient (Wildman–Crippen LogP) is 3.47. The Labute approximate surface area is 163 Å². The molecule has 1 aliphatic rings. The number of nitrogens with one attached hydrogen (secondary N) is 2. The zero-order valence-corrected chi connectivity index (χ0v) is 15.8. The first-order valence-electron chi connectivity index (χ1n) is 8.34. The van der Waals surface area contributed by atoms with Crippen molar-refractivity contribution in [2.75, 3.05) is 0 Å². The van der Waals surface area contributed by atoms with Crippen molar-refractivity contribution < 1.29 is 21.6 Å². The Morgan fingerprint density at radius 2 is 2.04 bits per heavy atom. The SMILES string of the molecule is O=S(=O)(NC1CCc2c(cnc3[nH]ncc23)C1)c1cc(C(F)(F)F)ccc1Cl. The molecular weight excluding hydrogens is 417 g/mol. The predicted molar refractivity (Wildman–Crippen MR) is 96.5 cm³/mol. The number of halogens is 4. The van der Waals surface area contributed by atoms with Crippen molar-refractivity contribution in [2.45, 2.75) is 36.4 Å². The molecule has 0 spiro atoms. The minimum absolute atomic E-state index is 0.265. The van der Waals surface area contributed by atoms with Crippen molar-refractivity contribution in [1.82, 2.24) is 19.9 Å². The molecule has 0 saturated heterocycles. The van der Waals surface area contributed by atoms with Gasteiger partial charge in [-0.2, -0.15) is 18.3 Å². The van der Waals surface area contributed by atoms with E-state index in [0.717, 1.165) is 28.6 Å². The molecule has 2 N–H and O–H groups in total. The minimum atomic E-state index is -4.67.